The lowest BCUT2D eigenvalue weighted by Gasteiger charge is -2.27. The summed E-state index contributed by atoms with van der Waals surface area (Å²) >= 11 is 0. The number of aromatic nitrogens is 3. The van der Waals surface area contributed by atoms with Crippen LogP contribution in [0.1, 0.15) is 36.8 Å². The molecule has 0 radical (unpaired) electrons. The number of sulfone groups is 1. The Labute approximate surface area is 142 Å². The van der Waals surface area contributed by atoms with Gasteiger partial charge in [0.15, 0.2) is 9.84 Å². The molecule has 1 aliphatic heterocycles. The van der Waals surface area contributed by atoms with Gasteiger partial charge in [-0.05, 0) is 37.9 Å². The minimum atomic E-state index is -3.18. The van der Waals surface area contributed by atoms with Crippen LogP contribution < -0.4 is 0 Å². The highest BCUT2D eigenvalue weighted by molar-refractivity contribution is 7.91. The van der Waals surface area contributed by atoms with Gasteiger partial charge in [-0.25, -0.2) is 8.42 Å². The molecule has 24 heavy (non-hydrogen) atoms. The summed E-state index contributed by atoms with van der Waals surface area (Å²) in [6.45, 7) is 3.40. The Kier molecular flexibility index (Phi) is 4.14. The van der Waals surface area contributed by atoms with E-state index in [0.717, 1.165) is 37.8 Å². The van der Waals surface area contributed by atoms with E-state index in [0.29, 0.717) is 17.2 Å². The van der Waals surface area contributed by atoms with Crippen molar-refractivity contribution in [3.8, 4) is 0 Å². The van der Waals surface area contributed by atoms with Gasteiger partial charge >= 0.3 is 0 Å². The highest BCUT2D eigenvalue weighted by Gasteiger charge is 2.32. The summed E-state index contributed by atoms with van der Waals surface area (Å²) in [5, 5.41) is 8.67. The van der Waals surface area contributed by atoms with E-state index in [1.165, 1.54) is 12.8 Å². The fraction of sp³-hybridized carbons (Fsp3) is 0.529. The molecule has 1 saturated carbocycles. The summed E-state index contributed by atoms with van der Waals surface area (Å²) in [6.07, 6.45) is 3.11. The normalized spacial score (nSPS) is 18.5. The maximum absolute atomic E-state index is 12.3. The van der Waals surface area contributed by atoms with Crippen LogP contribution >= 0.6 is 0 Å². The molecule has 2 aromatic rings. The third kappa shape index (κ3) is 3.23. The standard InChI is InChI=1S/C17H22N4O2S/c22-24(23,15-5-2-1-3-6-15)12-4-9-20-10-11-21-16(13-20)18-19-17(21)14-7-8-14/h1-3,5-6,14H,4,7-13H2. The monoisotopic (exact) mass is 346 g/mol. The quantitative estimate of drug-likeness (QED) is 0.798. The molecule has 0 atom stereocenters. The Morgan fingerprint density at radius 3 is 2.62 bits per heavy atom. The van der Waals surface area contributed by atoms with Crippen molar-refractivity contribution in [2.75, 3.05) is 18.8 Å². The van der Waals surface area contributed by atoms with E-state index in [4.69, 9.17) is 0 Å². The van der Waals surface area contributed by atoms with E-state index in [1.54, 1.807) is 24.3 Å². The number of nitrogens with zero attached hydrogens (tertiary/aromatic N) is 4. The Morgan fingerprint density at radius 2 is 1.88 bits per heavy atom. The predicted octanol–water partition coefficient (Wildman–Crippen LogP) is 1.84. The molecule has 0 amide bonds. The molecule has 128 valence electrons. The van der Waals surface area contributed by atoms with E-state index in [2.05, 4.69) is 19.7 Å². The van der Waals surface area contributed by atoms with Crippen molar-refractivity contribution in [1.82, 2.24) is 19.7 Å². The van der Waals surface area contributed by atoms with Crippen molar-refractivity contribution in [2.24, 2.45) is 0 Å². The number of benzene rings is 1. The Balaban J connectivity index is 1.32. The minimum Gasteiger partial charge on any atom is -0.312 e. The van der Waals surface area contributed by atoms with Crippen LogP contribution in [-0.2, 0) is 22.9 Å². The first-order valence-corrected chi connectivity index (χ1v) is 10.2. The predicted molar refractivity (Wildman–Crippen MR) is 90.4 cm³/mol. The van der Waals surface area contributed by atoms with Gasteiger partial charge in [0.05, 0.1) is 17.2 Å². The fourth-order valence-electron chi connectivity index (χ4n) is 3.29. The van der Waals surface area contributed by atoms with Crippen LogP contribution in [0.3, 0.4) is 0 Å². The molecule has 1 fully saturated rings. The highest BCUT2D eigenvalue weighted by atomic mass is 32.2. The van der Waals surface area contributed by atoms with Crippen molar-refractivity contribution in [3.63, 3.8) is 0 Å². The van der Waals surface area contributed by atoms with Gasteiger partial charge in [-0.2, -0.15) is 0 Å². The molecule has 1 aliphatic carbocycles. The number of hydrogen-bond donors (Lipinski definition) is 0. The van der Waals surface area contributed by atoms with Gasteiger partial charge in [-0.15, -0.1) is 10.2 Å². The summed E-state index contributed by atoms with van der Waals surface area (Å²) in [7, 11) is -3.18. The molecular formula is C17H22N4O2S. The Morgan fingerprint density at radius 1 is 1.08 bits per heavy atom. The van der Waals surface area contributed by atoms with Crippen LogP contribution in [0.4, 0.5) is 0 Å². The SMILES string of the molecule is O=S(=O)(CCCN1CCn2c(nnc2C2CC2)C1)c1ccccc1. The van der Waals surface area contributed by atoms with Crippen LogP contribution in [0.15, 0.2) is 35.2 Å². The first-order chi connectivity index (χ1) is 11.6. The van der Waals surface area contributed by atoms with E-state index in [9.17, 15) is 8.42 Å². The van der Waals surface area contributed by atoms with Gasteiger partial charge in [-0.3, -0.25) is 4.90 Å². The van der Waals surface area contributed by atoms with Crippen LogP contribution in [0.2, 0.25) is 0 Å². The molecule has 1 aromatic heterocycles. The zero-order valence-electron chi connectivity index (χ0n) is 13.6. The van der Waals surface area contributed by atoms with Crippen LogP contribution in [0, 0.1) is 0 Å². The van der Waals surface area contributed by atoms with Crippen molar-refractivity contribution in [3.05, 3.63) is 42.0 Å². The van der Waals surface area contributed by atoms with Crippen molar-refractivity contribution < 1.29 is 8.42 Å². The molecule has 0 bridgehead atoms. The lowest BCUT2D eigenvalue weighted by atomic mass is 10.3. The highest BCUT2D eigenvalue weighted by Crippen LogP contribution is 2.39. The zero-order valence-corrected chi connectivity index (χ0v) is 14.5. The van der Waals surface area contributed by atoms with Crippen molar-refractivity contribution in [2.45, 2.75) is 43.2 Å². The molecule has 0 unspecified atom stereocenters. The van der Waals surface area contributed by atoms with Gasteiger partial charge in [0, 0.05) is 19.0 Å². The smallest absolute Gasteiger partial charge is 0.178 e. The maximum Gasteiger partial charge on any atom is 0.178 e. The molecule has 7 heteroatoms. The lowest BCUT2D eigenvalue weighted by molar-refractivity contribution is 0.216. The number of rotatable bonds is 6. The zero-order chi connectivity index (χ0) is 16.6. The van der Waals surface area contributed by atoms with Gasteiger partial charge in [0.2, 0.25) is 0 Å². The number of fused-ring (bicyclic) bond motifs is 1. The summed E-state index contributed by atoms with van der Waals surface area (Å²) in [5.41, 5.74) is 0. The second-order valence-electron chi connectivity index (χ2n) is 6.66. The van der Waals surface area contributed by atoms with Gasteiger partial charge in [0.1, 0.15) is 11.6 Å². The second-order valence-corrected chi connectivity index (χ2v) is 8.77. The maximum atomic E-state index is 12.3. The molecular weight excluding hydrogens is 324 g/mol. The fourth-order valence-corrected chi connectivity index (χ4v) is 4.61. The second kappa shape index (κ2) is 6.29. The summed E-state index contributed by atoms with van der Waals surface area (Å²) in [6, 6.07) is 8.69. The minimum absolute atomic E-state index is 0.188. The Hall–Kier alpha value is -1.73. The van der Waals surface area contributed by atoms with Gasteiger partial charge in [0.25, 0.3) is 0 Å². The largest absolute Gasteiger partial charge is 0.312 e. The van der Waals surface area contributed by atoms with Crippen LogP contribution in [-0.4, -0.2) is 46.9 Å². The summed E-state index contributed by atoms with van der Waals surface area (Å²) < 4.78 is 26.9. The third-order valence-corrected chi connectivity index (χ3v) is 6.61. The van der Waals surface area contributed by atoms with Crippen molar-refractivity contribution >= 4 is 9.84 Å². The van der Waals surface area contributed by atoms with E-state index >= 15 is 0 Å². The topological polar surface area (TPSA) is 68.1 Å². The lowest BCUT2D eigenvalue weighted by Crippen LogP contribution is -2.35. The van der Waals surface area contributed by atoms with Crippen molar-refractivity contribution in [1.29, 1.82) is 0 Å². The molecule has 2 aliphatic rings. The Bertz CT molecular complexity index is 812. The van der Waals surface area contributed by atoms with Crippen LogP contribution in [0.5, 0.6) is 0 Å². The summed E-state index contributed by atoms with van der Waals surface area (Å²) in [5.74, 6) is 2.98. The van der Waals surface area contributed by atoms with Gasteiger partial charge in [-0.1, -0.05) is 18.2 Å². The van der Waals surface area contributed by atoms with E-state index in [-0.39, 0.29) is 5.75 Å². The first-order valence-electron chi connectivity index (χ1n) is 8.55. The van der Waals surface area contributed by atoms with Crippen LogP contribution in [0.25, 0.3) is 0 Å². The molecule has 0 N–H and O–H groups in total. The molecule has 4 rings (SSSR count). The van der Waals surface area contributed by atoms with E-state index < -0.39 is 9.84 Å². The molecule has 0 saturated heterocycles. The molecule has 6 nitrogen and oxygen atoms in total. The van der Waals surface area contributed by atoms with Gasteiger partial charge < -0.3 is 4.57 Å². The van der Waals surface area contributed by atoms with E-state index in [1.807, 2.05) is 6.07 Å². The number of hydrogen-bond acceptors (Lipinski definition) is 5. The molecule has 1 aromatic carbocycles. The third-order valence-electron chi connectivity index (χ3n) is 4.79. The molecule has 0 spiro atoms. The summed E-state index contributed by atoms with van der Waals surface area (Å²) in [4.78, 5) is 2.69. The molecule has 2 heterocycles. The first kappa shape index (κ1) is 15.8. The average Bonchev–Trinajstić information content (AvgIpc) is 3.35. The average molecular weight is 346 g/mol.